The van der Waals surface area contributed by atoms with Gasteiger partial charge in [0.05, 0.1) is 39.4 Å². The van der Waals surface area contributed by atoms with Gasteiger partial charge in [-0.3, -0.25) is 0 Å². The van der Waals surface area contributed by atoms with E-state index in [0.717, 1.165) is 60.1 Å². The molecule has 0 fully saturated rings. The van der Waals surface area contributed by atoms with E-state index in [9.17, 15) is 5.26 Å². The van der Waals surface area contributed by atoms with Crippen LogP contribution in [0.3, 0.4) is 0 Å². The van der Waals surface area contributed by atoms with Crippen LogP contribution >= 0.6 is 0 Å². The standard InChI is InChI=1S/C34H19N3/c35-20-21-13-18-31-29(19-21)26-11-5-6-12-30(26)37(31)34-27-16-14-22-7-1-3-9-24(22)32(27)36-33-25-10-4-2-8-23(25)15-17-28(33)34/h1-19H. The molecule has 0 atom stereocenters. The summed E-state index contributed by atoms with van der Waals surface area (Å²) in [4.78, 5) is 5.34. The molecule has 6 aromatic carbocycles. The largest absolute Gasteiger partial charge is 0.308 e. The lowest BCUT2D eigenvalue weighted by Crippen LogP contribution is -1.99. The molecular formula is C34H19N3. The molecule has 0 aliphatic carbocycles. The Morgan fingerprint density at radius 1 is 0.514 bits per heavy atom. The topological polar surface area (TPSA) is 41.6 Å². The van der Waals surface area contributed by atoms with E-state index < -0.39 is 0 Å². The van der Waals surface area contributed by atoms with Crippen LogP contribution in [0.4, 0.5) is 0 Å². The van der Waals surface area contributed by atoms with E-state index in [1.807, 2.05) is 12.1 Å². The molecule has 0 spiro atoms. The Morgan fingerprint density at radius 3 is 1.73 bits per heavy atom. The van der Waals surface area contributed by atoms with Crippen LogP contribution in [-0.4, -0.2) is 9.55 Å². The highest BCUT2D eigenvalue weighted by Gasteiger charge is 2.19. The van der Waals surface area contributed by atoms with Gasteiger partial charge in [-0.25, -0.2) is 4.98 Å². The highest BCUT2D eigenvalue weighted by molar-refractivity contribution is 6.20. The van der Waals surface area contributed by atoms with Crippen molar-refractivity contribution in [1.82, 2.24) is 9.55 Å². The maximum atomic E-state index is 9.61. The smallest absolute Gasteiger partial charge is 0.0991 e. The van der Waals surface area contributed by atoms with Gasteiger partial charge in [0.15, 0.2) is 0 Å². The third kappa shape index (κ3) is 2.73. The number of para-hydroxylation sites is 1. The lowest BCUT2D eigenvalue weighted by Gasteiger charge is -2.17. The predicted octanol–water partition coefficient (Wildman–Crippen LogP) is 8.66. The van der Waals surface area contributed by atoms with Gasteiger partial charge in [0.2, 0.25) is 0 Å². The molecule has 0 aliphatic heterocycles. The van der Waals surface area contributed by atoms with Crippen molar-refractivity contribution in [3.05, 3.63) is 121 Å². The van der Waals surface area contributed by atoms with Gasteiger partial charge in [0.1, 0.15) is 0 Å². The molecule has 0 unspecified atom stereocenters. The molecule has 2 heterocycles. The van der Waals surface area contributed by atoms with Crippen LogP contribution in [0.5, 0.6) is 0 Å². The molecule has 37 heavy (non-hydrogen) atoms. The van der Waals surface area contributed by atoms with Crippen LogP contribution in [0.15, 0.2) is 115 Å². The third-order valence-electron chi connectivity index (χ3n) is 7.56. The second-order valence-electron chi connectivity index (χ2n) is 9.52. The summed E-state index contributed by atoms with van der Waals surface area (Å²) in [6, 6.07) is 42.5. The van der Waals surface area contributed by atoms with Gasteiger partial charge in [-0.2, -0.15) is 5.26 Å². The zero-order valence-electron chi connectivity index (χ0n) is 19.8. The molecule has 0 saturated heterocycles. The molecule has 8 aromatic rings. The number of fused-ring (bicyclic) bond motifs is 9. The number of benzene rings is 6. The Bertz CT molecular complexity index is 2170. The van der Waals surface area contributed by atoms with E-state index in [1.54, 1.807) is 0 Å². The van der Waals surface area contributed by atoms with E-state index >= 15 is 0 Å². The van der Waals surface area contributed by atoms with Gasteiger partial charge in [-0.05, 0) is 35.0 Å². The first-order chi connectivity index (χ1) is 18.3. The summed E-state index contributed by atoms with van der Waals surface area (Å²) < 4.78 is 2.36. The van der Waals surface area contributed by atoms with E-state index in [-0.39, 0.29) is 0 Å². The van der Waals surface area contributed by atoms with Crippen LogP contribution in [0.2, 0.25) is 0 Å². The number of nitrogens with zero attached hydrogens (tertiary/aromatic N) is 3. The fraction of sp³-hybridized carbons (Fsp3) is 0. The summed E-state index contributed by atoms with van der Waals surface area (Å²) >= 11 is 0. The van der Waals surface area contributed by atoms with Crippen LogP contribution in [0.25, 0.3) is 70.8 Å². The fourth-order valence-electron chi connectivity index (χ4n) is 5.91. The summed E-state index contributed by atoms with van der Waals surface area (Å²) in [6.45, 7) is 0. The number of aromatic nitrogens is 2. The normalized spacial score (nSPS) is 11.8. The number of nitriles is 1. The maximum absolute atomic E-state index is 9.61. The van der Waals surface area contributed by atoms with E-state index in [2.05, 4.69) is 114 Å². The summed E-state index contributed by atoms with van der Waals surface area (Å²) in [7, 11) is 0. The van der Waals surface area contributed by atoms with Crippen LogP contribution < -0.4 is 0 Å². The molecule has 0 amide bonds. The van der Waals surface area contributed by atoms with Crippen molar-refractivity contribution in [2.45, 2.75) is 0 Å². The molecule has 0 aliphatic rings. The molecule has 0 N–H and O–H groups in total. The molecule has 170 valence electrons. The second kappa shape index (κ2) is 7.40. The molecule has 8 rings (SSSR count). The van der Waals surface area contributed by atoms with E-state index in [4.69, 9.17) is 4.98 Å². The van der Waals surface area contributed by atoms with Crippen molar-refractivity contribution in [1.29, 1.82) is 5.26 Å². The highest BCUT2D eigenvalue weighted by Crippen LogP contribution is 2.41. The average Bonchev–Trinajstić information content (AvgIpc) is 3.29. The quantitative estimate of drug-likeness (QED) is 0.178. The maximum Gasteiger partial charge on any atom is 0.0991 e. The summed E-state index contributed by atoms with van der Waals surface area (Å²) in [5, 5.41) is 18.7. The minimum atomic E-state index is 0.664. The summed E-state index contributed by atoms with van der Waals surface area (Å²) in [5.41, 5.74) is 5.97. The van der Waals surface area contributed by atoms with Crippen molar-refractivity contribution in [3.8, 4) is 11.8 Å². The Kier molecular flexibility index (Phi) is 4.01. The Morgan fingerprint density at radius 2 is 1.08 bits per heavy atom. The number of hydrogen-bond donors (Lipinski definition) is 0. The first-order valence-electron chi connectivity index (χ1n) is 12.4. The Hall–Kier alpha value is -5.20. The van der Waals surface area contributed by atoms with E-state index in [1.165, 1.54) is 10.8 Å². The molecule has 0 saturated carbocycles. The Labute approximate surface area is 212 Å². The zero-order valence-corrected chi connectivity index (χ0v) is 19.8. The van der Waals surface area contributed by atoms with Gasteiger partial charge >= 0.3 is 0 Å². The first-order valence-corrected chi connectivity index (χ1v) is 12.4. The predicted molar refractivity (Wildman–Crippen MR) is 153 cm³/mol. The van der Waals surface area contributed by atoms with Crippen molar-refractivity contribution in [2.24, 2.45) is 0 Å². The average molecular weight is 470 g/mol. The number of hydrogen-bond acceptors (Lipinski definition) is 2. The van der Waals surface area contributed by atoms with Crippen molar-refractivity contribution >= 4 is 65.2 Å². The summed E-state index contributed by atoms with van der Waals surface area (Å²) in [5.74, 6) is 0. The second-order valence-corrected chi connectivity index (χ2v) is 9.52. The fourth-order valence-corrected chi connectivity index (χ4v) is 5.91. The zero-order chi connectivity index (χ0) is 24.5. The van der Waals surface area contributed by atoms with Crippen molar-refractivity contribution in [2.75, 3.05) is 0 Å². The van der Waals surface area contributed by atoms with Crippen molar-refractivity contribution < 1.29 is 0 Å². The van der Waals surface area contributed by atoms with Gasteiger partial charge < -0.3 is 4.57 Å². The van der Waals surface area contributed by atoms with Crippen molar-refractivity contribution in [3.63, 3.8) is 0 Å². The molecule has 3 nitrogen and oxygen atoms in total. The molecule has 2 aromatic heterocycles. The van der Waals surface area contributed by atoms with Gasteiger partial charge in [0, 0.05) is 32.3 Å². The molecular weight excluding hydrogens is 450 g/mol. The monoisotopic (exact) mass is 469 g/mol. The van der Waals surface area contributed by atoms with Gasteiger partial charge in [-0.15, -0.1) is 0 Å². The molecule has 0 bridgehead atoms. The minimum Gasteiger partial charge on any atom is -0.308 e. The van der Waals surface area contributed by atoms with E-state index in [0.29, 0.717) is 5.56 Å². The van der Waals surface area contributed by atoms with Crippen LogP contribution in [0, 0.1) is 11.3 Å². The molecule has 0 radical (unpaired) electrons. The summed E-state index contributed by atoms with van der Waals surface area (Å²) in [6.07, 6.45) is 0. The van der Waals surface area contributed by atoms with Crippen LogP contribution in [0.1, 0.15) is 5.56 Å². The minimum absolute atomic E-state index is 0.664. The molecule has 3 heteroatoms. The lowest BCUT2D eigenvalue weighted by molar-refractivity contribution is 1.21. The highest BCUT2D eigenvalue weighted by atomic mass is 15.0. The Balaban J connectivity index is 1.68. The SMILES string of the molecule is N#Cc1ccc2c(c1)c1ccccc1n2-c1c2ccc3ccccc3c2nc2c1ccc1ccccc12. The lowest BCUT2D eigenvalue weighted by atomic mass is 9.99. The third-order valence-corrected chi connectivity index (χ3v) is 7.56. The number of rotatable bonds is 1. The number of pyridine rings is 1. The first kappa shape index (κ1) is 20.0. The van der Waals surface area contributed by atoms with Gasteiger partial charge in [0.25, 0.3) is 0 Å². The van der Waals surface area contributed by atoms with Crippen LogP contribution in [-0.2, 0) is 0 Å². The van der Waals surface area contributed by atoms with Gasteiger partial charge in [-0.1, -0.05) is 91.0 Å².